The number of unbranched alkanes of at least 4 members (excludes halogenated alkanes) is 6. The Hall–Kier alpha value is -1.84. The first-order valence-corrected chi connectivity index (χ1v) is 9.03. The van der Waals surface area contributed by atoms with E-state index in [9.17, 15) is 9.59 Å². The third-order valence-electron chi connectivity index (χ3n) is 3.96. The van der Waals surface area contributed by atoms with Gasteiger partial charge in [0.25, 0.3) is 0 Å². The molecule has 0 aliphatic rings. The molecule has 1 atom stereocenters. The van der Waals surface area contributed by atoms with Crippen molar-refractivity contribution in [2.45, 2.75) is 72.1 Å². The van der Waals surface area contributed by atoms with Crippen molar-refractivity contribution in [1.82, 2.24) is 0 Å². The van der Waals surface area contributed by atoms with Gasteiger partial charge in [-0.1, -0.05) is 70.9 Å². The van der Waals surface area contributed by atoms with Crippen LogP contribution >= 0.6 is 0 Å². The lowest BCUT2D eigenvalue weighted by Gasteiger charge is -2.13. The van der Waals surface area contributed by atoms with Crippen LogP contribution in [0.25, 0.3) is 0 Å². The SMILES string of the molecule is CCCCCCCCCC(C)C(=O)Oc1ccccc1OC(C)=O. The van der Waals surface area contributed by atoms with Crippen molar-refractivity contribution in [2.24, 2.45) is 5.92 Å². The molecule has 0 N–H and O–H groups in total. The van der Waals surface area contributed by atoms with Gasteiger partial charge < -0.3 is 9.47 Å². The molecule has 0 aliphatic heterocycles. The Kier molecular flexibility index (Phi) is 9.81. The van der Waals surface area contributed by atoms with Crippen LogP contribution in [0, 0.1) is 5.92 Å². The Balaban J connectivity index is 2.35. The van der Waals surface area contributed by atoms with Gasteiger partial charge in [-0.05, 0) is 18.6 Å². The van der Waals surface area contributed by atoms with E-state index < -0.39 is 5.97 Å². The quantitative estimate of drug-likeness (QED) is 0.313. The first-order chi connectivity index (χ1) is 11.5. The fourth-order valence-electron chi connectivity index (χ4n) is 2.51. The molecule has 0 radical (unpaired) electrons. The van der Waals surface area contributed by atoms with Crippen LogP contribution in [-0.2, 0) is 9.59 Å². The zero-order valence-electron chi connectivity index (χ0n) is 15.2. The van der Waals surface area contributed by atoms with Crippen LogP contribution in [0.3, 0.4) is 0 Å². The standard InChI is InChI=1S/C20H30O4/c1-4-5-6-7-8-9-10-13-16(2)20(22)24-19-15-12-11-14-18(19)23-17(3)21/h11-12,14-16H,4-10,13H2,1-3H3. The summed E-state index contributed by atoms with van der Waals surface area (Å²) in [5.74, 6) is -0.299. The number of esters is 2. The molecule has 1 aromatic rings. The highest BCUT2D eigenvalue weighted by molar-refractivity contribution is 5.76. The van der Waals surface area contributed by atoms with Gasteiger partial charge in [0.1, 0.15) is 0 Å². The van der Waals surface area contributed by atoms with Gasteiger partial charge in [-0.25, -0.2) is 0 Å². The van der Waals surface area contributed by atoms with Crippen LogP contribution in [0.15, 0.2) is 24.3 Å². The second-order valence-corrected chi connectivity index (χ2v) is 6.27. The summed E-state index contributed by atoms with van der Waals surface area (Å²) in [6, 6.07) is 6.73. The molecule has 1 rings (SSSR count). The minimum Gasteiger partial charge on any atom is -0.423 e. The molecule has 4 heteroatoms. The Morgan fingerprint density at radius 2 is 1.46 bits per heavy atom. The van der Waals surface area contributed by atoms with E-state index in [4.69, 9.17) is 9.47 Å². The van der Waals surface area contributed by atoms with Gasteiger partial charge in [-0.15, -0.1) is 0 Å². The lowest BCUT2D eigenvalue weighted by Crippen LogP contribution is -2.18. The van der Waals surface area contributed by atoms with Crippen molar-refractivity contribution >= 4 is 11.9 Å². The van der Waals surface area contributed by atoms with Gasteiger partial charge in [0, 0.05) is 6.92 Å². The molecule has 0 bridgehead atoms. The Labute approximate surface area is 145 Å². The third kappa shape index (κ3) is 8.14. The fraction of sp³-hybridized carbons (Fsp3) is 0.600. The summed E-state index contributed by atoms with van der Waals surface area (Å²) in [4.78, 5) is 23.3. The summed E-state index contributed by atoms with van der Waals surface area (Å²) >= 11 is 0. The molecule has 0 fully saturated rings. The van der Waals surface area contributed by atoms with Crippen molar-refractivity contribution in [3.05, 3.63) is 24.3 Å². The van der Waals surface area contributed by atoms with Crippen LogP contribution in [0.5, 0.6) is 11.5 Å². The zero-order chi connectivity index (χ0) is 17.8. The molecule has 134 valence electrons. The van der Waals surface area contributed by atoms with Crippen LogP contribution in [-0.4, -0.2) is 11.9 Å². The predicted octanol–water partition coefficient (Wildman–Crippen LogP) is 5.29. The average Bonchev–Trinajstić information content (AvgIpc) is 2.55. The lowest BCUT2D eigenvalue weighted by atomic mass is 10.0. The highest BCUT2D eigenvalue weighted by atomic mass is 16.6. The first kappa shape index (κ1) is 20.2. The van der Waals surface area contributed by atoms with Gasteiger partial charge in [0.05, 0.1) is 5.92 Å². The zero-order valence-corrected chi connectivity index (χ0v) is 15.2. The molecule has 0 aromatic heterocycles. The topological polar surface area (TPSA) is 52.6 Å². The molecular formula is C20H30O4. The molecule has 1 unspecified atom stereocenters. The summed E-state index contributed by atoms with van der Waals surface area (Å²) in [5, 5.41) is 0. The fourth-order valence-corrected chi connectivity index (χ4v) is 2.51. The van der Waals surface area contributed by atoms with Crippen LogP contribution in [0.2, 0.25) is 0 Å². The molecule has 4 nitrogen and oxygen atoms in total. The number of para-hydroxylation sites is 2. The summed E-state index contributed by atoms with van der Waals surface area (Å²) < 4.78 is 10.5. The number of carbonyl (C=O) groups excluding carboxylic acids is 2. The maximum atomic E-state index is 12.2. The van der Waals surface area contributed by atoms with Crippen molar-refractivity contribution in [3.63, 3.8) is 0 Å². The van der Waals surface area contributed by atoms with Crippen LogP contribution < -0.4 is 9.47 Å². The normalized spacial score (nSPS) is 11.8. The van der Waals surface area contributed by atoms with Gasteiger partial charge in [0.2, 0.25) is 0 Å². The van der Waals surface area contributed by atoms with Gasteiger partial charge in [-0.2, -0.15) is 0 Å². The lowest BCUT2D eigenvalue weighted by molar-refractivity contribution is -0.139. The van der Waals surface area contributed by atoms with E-state index in [1.165, 1.54) is 39.0 Å². The van der Waals surface area contributed by atoms with Crippen molar-refractivity contribution in [3.8, 4) is 11.5 Å². The van der Waals surface area contributed by atoms with Gasteiger partial charge in [-0.3, -0.25) is 9.59 Å². The number of hydrogen-bond donors (Lipinski definition) is 0. The summed E-state index contributed by atoms with van der Waals surface area (Å²) in [7, 11) is 0. The van der Waals surface area contributed by atoms with Crippen LogP contribution in [0.1, 0.15) is 72.1 Å². The number of carbonyl (C=O) groups is 2. The Morgan fingerprint density at radius 3 is 2.04 bits per heavy atom. The molecule has 24 heavy (non-hydrogen) atoms. The number of rotatable bonds is 11. The molecule has 0 spiro atoms. The second-order valence-electron chi connectivity index (χ2n) is 6.27. The monoisotopic (exact) mass is 334 g/mol. The minimum atomic E-state index is -0.436. The molecule has 0 saturated carbocycles. The second kappa shape index (κ2) is 11.7. The van der Waals surface area contributed by atoms with Crippen molar-refractivity contribution in [1.29, 1.82) is 0 Å². The van der Waals surface area contributed by atoms with Crippen LogP contribution in [0.4, 0.5) is 0 Å². The Morgan fingerprint density at radius 1 is 0.917 bits per heavy atom. The molecule has 0 aliphatic carbocycles. The van der Waals surface area contributed by atoms with Gasteiger partial charge in [0.15, 0.2) is 11.5 Å². The summed E-state index contributed by atoms with van der Waals surface area (Å²) in [5.41, 5.74) is 0. The molecule has 0 amide bonds. The number of benzene rings is 1. The number of ether oxygens (including phenoxy) is 2. The predicted molar refractivity (Wildman–Crippen MR) is 95.2 cm³/mol. The summed E-state index contributed by atoms with van der Waals surface area (Å²) in [6.45, 7) is 5.42. The van der Waals surface area contributed by atoms with Crippen molar-refractivity contribution in [2.75, 3.05) is 0 Å². The molecular weight excluding hydrogens is 304 g/mol. The van der Waals surface area contributed by atoms with E-state index in [1.807, 2.05) is 6.92 Å². The molecule has 1 aromatic carbocycles. The molecule has 0 saturated heterocycles. The van der Waals surface area contributed by atoms with Crippen molar-refractivity contribution < 1.29 is 19.1 Å². The smallest absolute Gasteiger partial charge is 0.314 e. The number of hydrogen-bond acceptors (Lipinski definition) is 4. The van der Waals surface area contributed by atoms with E-state index >= 15 is 0 Å². The summed E-state index contributed by atoms with van der Waals surface area (Å²) in [6.07, 6.45) is 9.41. The van der Waals surface area contributed by atoms with E-state index in [-0.39, 0.29) is 17.6 Å². The van der Waals surface area contributed by atoms with E-state index in [0.717, 1.165) is 19.3 Å². The minimum absolute atomic E-state index is 0.161. The van der Waals surface area contributed by atoms with E-state index in [0.29, 0.717) is 5.75 Å². The largest absolute Gasteiger partial charge is 0.423 e. The molecule has 0 heterocycles. The maximum Gasteiger partial charge on any atom is 0.314 e. The highest BCUT2D eigenvalue weighted by Crippen LogP contribution is 2.27. The maximum absolute atomic E-state index is 12.2. The van der Waals surface area contributed by atoms with E-state index in [1.54, 1.807) is 24.3 Å². The highest BCUT2D eigenvalue weighted by Gasteiger charge is 2.17. The van der Waals surface area contributed by atoms with Gasteiger partial charge >= 0.3 is 11.9 Å². The van der Waals surface area contributed by atoms with E-state index in [2.05, 4.69) is 6.92 Å². The third-order valence-corrected chi connectivity index (χ3v) is 3.96. The first-order valence-electron chi connectivity index (χ1n) is 9.03. The Bertz CT molecular complexity index is 510. The average molecular weight is 334 g/mol.